The first kappa shape index (κ1) is 16.9. The first-order valence-corrected chi connectivity index (χ1v) is 8.12. The molecule has 1 aliphatic rings. The van der Waals surface area contributed by atoms with Crippen LogP contribution in [-0.4, -0.2) is 24.4 Å². The summed E-state index contributed by atoms with van der Waals surface area (Å²) in [6.07, 6.45) is 2.85. The fourth-order valence-corrected chi connectivity index (χ4v) is 2.69. The van der Waals surface area contributed by atoms with Crippen molar-refractivity contribution in [1.29, 1.82) is 0 Å². The van der Waals surface area contributed by atoms with Gasteiger partial charge in [0, 0.05) is 18.0 Å². The maximum Gasteiger partial charge on any atom is 0.322 e. The molecule has 2 heterocycles. The lowest BCUT2D eigenvalue weighted by Crippen LogP contribution is -2.25. The smallest absolute Gasteiger partial charge is 0.322 e. The number of hydrogen-bond donors (Lipinski definition) is 3. The molecule has 1 unspecified atom stereocenters. The number of furan rings is 1. The molecule has 4 amide bonds. The summed E-state index contributed by atoms with van der Waals surface area (Å²) in [6, 6.07) is 2.41. The van der Waals surface area contributed by atoms with Gasteiger partial charge >= 0.3 is 6.03 Å². The second kappa shape index (κ2) is 6.92. The fourth-order valence-electron chi connectivity index (χ4n) is 2.69. The summed E-state index contributed by atoms with van der Waals surface area (Å²) in [7, 11) is 0. The van der Waals surface area contributed by atoms with E-state index in [4.69, 9.17) is 4.42 Å². The number of amides is 4. The number of imide groups is 1. The predicted octanol–water partition coefficient (Wildman–Crippen LogP) is 2.37. The van der Waals surface area contributed by atoms with Crippen molar-refractivity contribution >= 4 is 28.8 Å². The molecule has 1 atom stereocenters. The SMILES string of the molecule is CCCCCNC(=O)c1cc2cc(C3NC(=O)NC3=O)oc2cc1F. The largest absolute Gasteiger partial charge is 0.458 e. The van der Waals surface area contributed by atoms with Gasteiger partial charge in [0.15, 0.2) is 6.04 Å². The van der Waals surface area contributed by atoms with Crippen molar-refractivity contribution in [2.24, 2.45) is 0 Å². The number of carbonyl (C=O) groups is 3. The molecule has 0 saturated carbocycles. The van der Waals surface area contributed by atoms with Gasteiger partial charge < -0.3 is 15.1 Å². The highest BCUT2D eigenvalue weighted by Gasteiger charge is 2.33. The second-order valence-electron chi connectivity index (χ2n) is 5.88. The quantitative estimate of drug-likeness (QED) is 0.552. The van der Waals surface area contributed by atoms with Gasteiger partial charge in [0.1, 0.15) is 17.2 Å². The third kappa shape index (κ3) is 3.47. The molecule has 0 spiro atoms. The van der Waals surface area contributed by atoms with Gasteiger partial charge in [0.05, 0.1) is 5.56 Å². The first-order valence-electron chi connectivity index (χ1n) is 8.12. The van der Waals surface area contributed by atoms with Gasteiger partial charge in [-0.15, -0.1) is 0 Å². The number of rotatable bonds is 6. The Kier molecular flexibility index (Phi) is 4.69. The number of nitrogens with one attached hydrogen (secondary N) is 3. The summed E-state index contributed by atoms with van der Waals surface area (Å²) in [5.41, 5.74) is 0.111. The van der Waals surface area contributed by atoms with Crippen LogP contribution in [-0.2, 0) is 4.79 Å². The van der Waals surface area contributed by atoms with Crippen molar-refractivity contribution in [3.63, 3.8) is 0 Å². The van der Waals surface area contributed by atoms with Gasteiger partial charge in [-0.25, -0.2) is 9.18 Å². The van der Waals surface area contributed by atoms with E-state index >= 15 is 0 Å². The Hall–Kier alpha value is -2.90. The molecule has 25 heavy (non-hydrogen) atoms. The Morgan fingerprint density at radius 1 is 1.28 bits per heavy atom. The summed E-state index contributed by atoms with van der Waals surface area (Å²) >= 11 is 0. The van der Waals surface area contributed by atoms with E-state index in [0.717, 1.165) is 25.3 Å². The third-order valence-corrected chi connectivity index (χ3v) is 3.99. The first-order chi connectivity index (χ1) is 12.0. The number of unbranched alkanes of at least 4 members (excludes halogenated alkanes) is 2. The van der Waals surface area contributed by atoms with Crippen LogP contribution in [0.25, 0.3) is 11.0 Å². The molecule has 1 saturated heterocycles. The molecule has 3 N–H and O–H groups in total. The number of benzene rings is 1. The molecule has 7 nitrogen and oxygen atoms in total. The highest BCUT2D eigenvalue weighted by atomic mass is 19.1. The highest BCUT2D eigenvalue weighted by molar-refractivity contribution is 6.05. The monoisotopic (exact) mass is 347 g/mol. The number of halogens is 1. The minimum atomic E-state index is -0.964. The van der Waals surface area contributed by atoms with E-state index in [0.29, 0.717) is 11.9 Å². The zero-order chi connectivity index (χ0) is 18.0. The molecule has 1 aliphatic heterocycles. The molecule has 1 fully saturated rings. The third-order valence-electron chi connectivity index (χ3n) is 3.99. The Balaban J connectivity index is 1.82. The molecule has 0 radical (unpaired) electrons. The zero-order valence-electron chi connectivity index (χ0n) is 13.6. The minimum absolute atomic E-state index is 0.0868. The molecule has 1 aromatic carbocycles. The highest BCUT2D eigenvalue weighted by Crippen LogP contribution is 2.27. The van der Waals surface area contributed by atoms with Crippen molar-refractivity contribution in [1.82, 2.24) is 16.0 Å². The van der Waals surface area contributed by atoms with E-state index in [1.54, 1.807) is 0 Å². The second-order valence-corrected chi connectivity index (χ2v) is 5.88. The lowest BCUT2D eigenvalue weighted by molar-refractivity contribution is -0.120. The lowest BCUT2D eigenvalue weighted by atomic mass is 10.1. The molecule has 132 valence electrons. The van der Waals surface area contributed by atoms with E-state index < -0.39 is 29.7 Å². The Morgan fingerprint density at radius 2 is 2.08 bits per heavy atom. The van der Waals surface area contributed by atoms with Gasteiger partial charge in [-0.05, 0) is 18.6 Å². The van der Waals surface area contributed by atoms with E-state index in [1.165, 1.54) is 12.1 Å². The van der Waals surface area contributed by atoms with Crippen molar-refractivity contribution in [3.05, 3.63) is 35.3 Å². The van der Waals surface area contributed by atoms with Crippen LogP contribution in [0.3, 0.4) is 0 Å². The predicted molar refractivity (Wildman–Crippen MR) is 87.4 cm³/mol. The number of urea groups is 1. The average molecular weight is 347 g/mol. The molecule has 3 rings (SSSR count). The van der Waals surface area contributed by atoms with E-state index in [-0.39, 0.29) is 16.9 Å². The number of fused-ring (bicyclic) bond motifs is 1. The summed E-state index contributed by atoms with van der Waals surface area (Å²) in [4.78, 5) is 35.0. The lowest BCUT2D eigenvalue weighted by Gasteiger charge is -2.05. The van der Waals surface area contributed by atoms with Gasteiger partial charge in [-0.3, -0.25) is 14.9 Å². The molecule has 1 aromatic heterocycles. The van der Waals surface area contributed by atoms with Crippen LogP contribution in [0.4, 0.5) is 9.18 Å². The van der Waals surface area contributed by atoms with Crippen LogP contribution in [0.15, 0.2) is 22.6 Å². The van der Waals surface area contributed by atoms with Gasteiger partial charge in [0.25, 0.3) is 11.8 Å². The maximum atomic E-state index is 14.2. The average Bonchev–Trinajstić information content (AvgIpc) is 3.12. The Morgan fingerprint density at radius 3 is 2.76 bits per heavy atom. The van der Waals surface area contributed by atoms with Crippen molar-refractivity contribution < 1.29 is 23.2 Å². The van der Waals surface area contributed by atoms with Crippen LogP contribution in [0.5, 0.6) is 0 Å². The molecule has 8 heteroatoms. The van der Waals surface area contributed by atoms with Gasteiger partial charge in [0.2, 0.25) is 0 Å². The summed E-state index contributed by atoms with van der Waals surface area (Å²) < 4.78 is 19.7. The van der Waals surface area contributed by atoms with Crippen LogP contribution in [0, 0.1) is 5.82 Å². The van der Waals surface area contributed by atoms with Crippen LogP contribution in [0.2, 0.25) is 0 Å². The molecule has 0 bridgehead atoms. The Bertz CT molecular complexity index is 846. The molecule has 2 aromatic rings. The van der Waals surface area contributed by atoms with Crippen LogP contribution < -0.4 is 16.0 Å². The van der Waals surface area contributed by atoms with Gasteiger partial charge in [-0.2, -0.15) is 0 Å². The molecule has 0 aliphatic carbocycles. The zero-order valence-corrected chi connectivity index (χ0v) is 13.6. The maximum absolute atomic E-state index is 14.2. The molecular weight excluding hydrogens is 329 g/mol. The van der Waals surface area contributed by atoms with Gasteiger partial charge in [-0.1, -0.05) is 19.8 Å². The number of hydrogen-bond acceptors (Lipinski definition) is 4. The van der Waals surface area contributed by atoms with E-state index in [2.05, 4.69) is 22.9 Å². The summed E-state index contributed by atoms with van der Waals surface area (Å²) in [6.45, 7) is 2.54. The minimum Gasteiger partial charge on any atom is -0.458 e. The standard InChI is InChI=1S/C17H18FN3O4/c1-2-3-4-5-19-15(22)10-6-9-7-13(25-12(9)8-11(10)18)14-16(23)21-17(24)20-14/h6-8,14H,2-5H2,1H3,(H,19,22)(H2,20,21,23,24). The molecular formula is C17H18FN3O4. The van der Waals surface area contributed by atoms with Crippen molar-refractivity contribution in [2.75, 3.05) is 6.54 Å². The van der Waals surface area contributed by atoms with Crippen molar-refractivity contribution in [3.8, 4) is 0 Å². The van der Waals surface area contributed by atoms with Crippen LogP contribution in [0.1, 0.15) is 48.3 Å². The van der Waals surface area contributed by atoms with Crippen molar-refractivity contribution in [2.45, 2.75) is 32.2 Å². The van der Waals surface area contributed by atoms with Crippen LogP contribution >= 0.6 is 0 Å². The fraction of sp³-hybridized carbons (Fsp3) is 0.353. The van der Waals surface area contributed by atoms with E-state index in [9.17, 15) is 18.8 Å². The Labute approximate surface area is 142 Å². The normalized spacial score (nSPS) is 16.8. The summed E-state index contributed by atoms with van der Waals surface area (Å²) in [5, 5.41) is 7.66. The topological polar surface area (TPSA) is 100 Å². The number of carbonyl (C=O) groups excluding carboxylic acids is 3. The van der Waals surface area contributed by atoms with E-state index in [1.807, 2.05) is 0 Å². The summed E-state index contributed by atoms with van der Waals surface area (Å²) in [5.74, 6) is -1.57.